The van der Waals surface area contributed by atoms with Gasteiger partial charge in [-0.15, -0.1) is 0 Å². The fraction of sp³-hybridized carbons (Fsp3) is 0.640. The number of carbonyl (C=O) groups excluding carboxylic acids is 1. The van der Waals surface area contributed by atoms with Gasteiger partial charge in [0, 0.05) is 28.1 Å². The summed E-state index contributed by atoms with van der Waals surface area (Å²) in [6.45, 7) is 12.1. The molecule has 2 bridgehead atoms. The third-order valence-electron chi connectivity index (χ3n) is 7.10. The lowest BCUT2D eigenvalue weighted by molar-refractivity contribution is -0.386. The molecule has 2 aliphatic carbocycles. The summed E-state index contributed by atoms with van der Waals surface area (Å²) in [5.41, 5.74) is 6.29. The standard InChI is InChI=1S/C14H26N2.C11H14N2O4S/c1-9-5-11-6-12(13(9)16-4)8-14(3,7-11)10(2)15;1-11(2,7-14)12-18-8-4-5-10(17-3)9(6-8)13(15)16/h9,11-13,16H,2,5-8,15H2,1,3-4H3;4-7,12H,1-3H3. The number of nitro benzene ring substituents is 1. The summed E-state index contributed by atoms with van der Waals surface area (Å²) >= 11 is 1.16. The molecule has 0 saturated heterocycles. The quantitative estimate of drug-likeness (QED) is 0.207. The zero-order chi connectivity index (χ0) is 25.7. The second kappa shape index (κ2) is 11.6. The first-order chi connectivity index (χ1) is 15.9. The Hall–Kier alpha value is -2.10. The van der Waals surface area contributed by atoms with Crippen molar-refractivity contribution < 1.29 is 14.5 Å². The maximum atomic E-state index is 10.8. The molecule has 0 aromatic heterocycles. The van der Waals surface area contributed by atoms with Crippen molar-refractivity contribution in [1.82, 2.24) is 10.0 Å². The number of carbonyl (C=O) groups is 1. The highest BCUT2D eigenvalue weighted by Crippen LogP contribution is 2.51. The van der Waals surface area contributed by atoms with Crippen molar-refractivity contribution in [2.45, 2.75) is 69.9 Å². The van der Waals surface area contributed by atoms with Gasteiger partial charge in [0.2, 0.25) is 0 Å². The number of methoxy groups -OCH3 is 1. The average molecular weight is 493 g/mol. The Bertz CT molecular complexity index is 892. The van der Waals surface area contributed by atoms with E-state index in [0.717, 1.165) is 41.7 Å². The van der Waals surface area contributed by atoms with Gasteiger partial charge in [-0.25, -0.2) is 4.72 Å². The number of nitrogens with two attached hydrogens (primary N) is 1. The minimum absolute atomic E-state index is 0.104. The number of benzene rings is 1. The van der Waals surface area contributed by atoms with Gasteiger partial charge in [-0.3, -0.25) is 10.1 Å². The van der Waals surface area contributed by atoms with Gasteiger partial charge in [0.15, 0.2) is 5.75 Å². The number of hydrogen-bond donors (Lipinski definition) is 3. The van der Waals surface area contributed by atoms with Crippen LogP contribution in [-0.2, 0) is 4.79 Å². The molecule has 8 nitrogen and oxygen atoms in total. The molecule has 0 amide bonds. The first-order valence-electron chi connectivity index (χ1n) is 11.7. The Labute approximate surface area is 207 Å². The van der Waals surface area contributed by atoms with E-state index in [2.05, 4.69) is 37.5 Å². The third kappa shape index (κ3) is 6.96. The molecule has 0 radical (unpaired) electrons. The predicted molar refractivity (Wildman–Crippen MR) is 138 cm³/mol. The van der Waals surface area contributed by atoms with Crippen LogP contribution in [0.3, 0.4) is 0 Å². The molecule has 1 aromatic rings. The van der Waals surface area contributed by atoms with E-state index in [1.807, 2.05) is 0 Å². The molecular formula is C25H40N4O4S. The van der Waals surface area contributed by atoms with Crippen LogP contribution >= 0.6 is 11.9 Å². The second-order valence-electron chi connectivity index (χ2n) is 10.5. The molecular weight excluding hydrogens is 452 g/mol. The van der Waals surface area contributed by atoms with Gasteiger partial charge >= 0.3 is 5.69 Å². The Kier molecular flexibility index (Phi) is 9.56. The largest absolute Gasteiger partial charge is 0.490 e. The van der Waals surface area contributed by atoms with Gasteiger partial charge in [0.1, 0.15) is 6.29 Å². The fourth-order valence-corrected chi connectivity index (χ4v) is 6.09. The number of hydrogen-bond acceptors (Lipinski definition) is 8. The zero-order valence-corrected chi connectivity index (χ0v) is 22.0. The van der Waals surface area contributed by atoms with Crippen molar-refractivity contribution in [2.75, 3.05) is 14.2 Å². The van der Waals surface area contributed by atoms with Crippen LogP contribution in [0.1, 0.15) is 53.4 Å². The maximum Gasteiger partial charge on any atom is 0.312 e. The molecule has 0 aliphatic heterocycles. The van der Waals surface area contributed by atoms with Crippen molar-refractivity contribution in [3.05, 3.63) is 40.6 Å². The molecule has 190 valence electrons. The van der Waals surface area contributed by atoms with Gasteiger partial charge in [0.05, 0.1) is 17.6 Å². The lowest BCUT2D eigenvalue weighted by Crippen LogP contribution is -2.50. The topological polar surface area (TPSA) is 120 Å². The molecule has 5 atom stereocenters. The molecule has 3 rings (SSSR count). The molecule has 2 fully saturated rings. The number of nitrogens with zero attached hydrogens (tertiary/aromatic N) is 1. The normalized spacial score (nSPS) is 28.3. The number of aldehydes is 1. The SMILES string of the molecule is C=C(N)C1(C)CC2CC(C)C(NC)C(C2)C1.COc1ccc(SNC(C)(C)C=O)cc1[N+](=O)[O-]. The Morgan fingerprint density at radius 3 is 2.59 bits per heavy atom. The van der Waals surface area contributed by atoms with Crippen LogP contribution < -0.4 is 20.5 Å². The third-order valence-corrected chi connectivity index (χ3v) is 8.21. The first kappa shape index (κ1) is 28.1. The Morgan fingerprint density at radius 1 is 1.38 bits per heavy atom. The second-order valence-corrected chi connectivity index (χ2v) is 11.4. The van der Waals surface area contributed by atoms with Crippen LogP contribution in [0.5, 0.6) is 5.75 Å². The molecule has 34 heavy (non-hydrogen) atoms. The highest BCUT2D eigenvalue weighted by molar-refractivity contribution is 7.97. The molecule has 2 aliphatic rings. The van der Waals surface area contributed by atoms with E-state index in [1.54, 1.807) is 19.9 Å². The number of ether oxygens (including phenoxy) is 1. The smallest absolute Gasteiger partial charge is 0.312 e. The average Bonchev–Trinajstić information content (AvgIpc) is 2.77. The first-order valence-corrected chi connectivity index (χ1v) is 12.5. The van der Waals surface area contributed by atoms with Crippen LogP contribution in [0.4, 0.5) is 5.69 Å². The van der Waals surface area contributed by atoms with Crippen molar-refractivity contribution in [1.29, 1.82) is 0 Å². The van der Waals surface area contributed by atoms with Crippen LogP contribution in [0.2, 0.25) is 0 Å². The van der Waals surface area contributed by atoms with Crippen LogP contribution in [0, 0.1) is 33.3 Å². The molecule has 1 aromatic carbocycles. The number of nitro groups is 1. The van der Waals surface area contributed by atoms with E-state index in [1.165, 1.54) is 44.9 Å². The van der Waals surface area contributed by atoms with Crippen molar-refractivity contribution >= 4 is 23.9 Å². The van der Waals surface area contributed by atoms with E-state index in [4.69, 9.17) is 10.5 Å². The van der Waals surface area contributed by atoms with Crippen molar-refractivity contribution in [2.24, 2.45) is 28.9 Å². The van der Waals surface area contributed by atoms with Gasteiger partial charge < -0.3 is 20.6 Å². The number of rotatable bonds is 8. The van der Waals surface area contributed by atoms with Crippen LogP contribution in [-0.4, -0.2) is 36.9 Å². The summed E-state index contributed by atoms with van der Waals surface area (Å²) in [5, 5.41) is 14.3. The number of allylic oxidation sites excluding steroid dienone is 1. The Balaban J connectivity index is 0.000000241. The Morgan fingerprint density at radius 2 is 2.06 bits per heavy atom. The van der Waals surface area contributed by atoms with E-state index in [-0.39, 0.29) is 16.9 Å². The van der Waals surface area contributed by atoms with Gasteiger partial charge in [-0.05, 0) is 88.4 Å². The van der Waals surface area contributed by atoms with Crippen LogP contribution in [0.15, 0.2) is 35.4 Å². The van der Waals surface area contributed by atoms with E-state index >= 15 is 0 Å². The molecule has 9 heteroatoms. The highest BCUT2D eigenvalue weighted by Gasteiger charge is 2.45. The summed E-state index contributed by atoms with van der Waals surface area (Å²) in [6, 6.07) is 5.29. The minimum Gasteiger partial charge on any atom is -0.490 e. The molecule has 4 N–H and O–H groups in total. The monoisotopic (exact) mass is 492 g/mol. The number of nitrogens with one attached hydrogen (secondary N) is 2. The van der Waals surface area contributed by atoms with E-state index in [9.17, 15) is 14.9 Å². The van der Waals surface area contributed by atoms with Crippen LogP contribution in [0.25, 0.3) is 0 Å². The summed E-state index contributed by atoms with van der Waals surface area (Å²) in [4.78, 5) is 21.7. The summed E-state index contributed by atoms with van der Waals surface area (Å²) in [7, 11) is 3.48. The van der Waals surface area contributed by atoms with Gasteiger partial charge in [-0.2, -0.15) is 0 Å². The highest BCUT2D eigenvalue weighted by atomic mass is 32.2. The van der Waals surface area contributed by atoms with E-state index < -0.39 is 10.5 Å². The minimum atomic E-state index is -0.695. The summed E-state index contributed by atoms with van der Waals surface area (Å²) in [6.07, 6.45) is 5.98. The van der Waals surface area contributed by atoms with Gasteiger partial charge in [0.25, 0.3) is 0 Å². The summed E-state index contributed by atoms with van der Waals surface area (Å²) < 4.78 is 7.81. The lowest BCUT2D eigenvalue weighted by atomic mass is 9.57. The lowest BCUT2D eigenvalue weighted by Gasteiger charge is -2.51. The zero-order valence-electron chi connectivity index (χ0n) is 21.2. The van der Waals surface area contributed by atoms with Gasteiger partial charge in [-0.1, -0.05) is 20.4 Å². The summed E-state index contributed by atoms with van der Waals surface area (Å²) in [5.74, 6) is 2.67. The predicted octanol–water partition coefficient (Wildman–Crippen LogP) is 4.69. The maximum absolute atomic E-state index is 10.8. The number of fused-ring (bicyclic) bond motifs is 2. The molecule has 2 saturated carbocycles. The molecule has 5 unspecified atom stereocenters. The van der Waals surface area contributed by atoms with E-state index in [0.29, 0.717) is 10.9 Å². The van der Waals surface area contributed by atoms with Crippen molar-refractivity contribution in [3.8, 4) is 5.75 Å². The fourth-order valence-electron chi connectivity index (χ4n) is 5.36. The molecule has 0 spiro atoms. The molecule has 0 heterocycles. The van der Waals surface area contributed by atoms with Crippen molar-refractivity contribution in [3.63, 3.8) is 0 Å².